The fourth-order valence-electron chi connectivity index (χ4n) is 1.13. The summed E-state index contributed by atoms with van der Waals surface area (Å²) in [6.07, 6.45) is 0.922. The van der Waals surface area contributed by atoms with Crippen molar-refractivity contribution in [1.29, 1.82) is 0 Å². The molecule has 1 aliphatic rings. The Bertz CT molecular complexity index is 363. The number of fused-ring (bicyclic) bond motifs is 1. The Morgan fingerprint density at radius 3 is 3.18 bits per heavy atom. The van der Waals surface area contributed by atoms with Crippen LogP contribution in [0.15, 0.2) is 10.5 Å². The number of hydrogen-bond donors (Lipinski definition) is 1. The van der Waals surface area contributed by atoms with E-state index < -0.39 is 6.29 Å². The van der Waals surface area contributed by atoms with E-state index in [2.05, 4.69) is 6.58 Å². The molecule has 0 saturated heterocycles. The topological polar surface area (TPSA) is 42.6 Å². The van der Waals surface area contributed by atoms with Crippen LogP contribution < -0.4 is 10.8 Å². The molecule has 2 rings (SSSR count). The molecule has 2 heterocycles. The molecular weight excluding hydrogens is 144 g/mol. The molecule has 3 nitrogen and oxygen atoms in total. The summed E-state index contributed by atoms with van der Waals surface area (Å²) in [5.74, 6) is 0. The zero-order chi connectivity index (χ0) is 7.84. The van der Waals surface area contributed by atoms with Crippen molar-refractivity contribution in [3.05, 3.63) is 22.5 Å². The average molecular weight is 152 g/mol. The highest BCUT2D eigenvalue weighted by atomic mass is 16.6. The van der Waals surface area contributed by atoms with Crippen molar-refractivity contribution in [3.63, 3.8) is 0 Å². The number of aliphatic hydroxyl groups is 1. The summed E-state index contributed by atoms with van der Waals surface area (Å²) < 4.78 is 10.1. The summed E-state index contributed by atoms with van der Waals surface area (Å²) in [4.78, 5) is 0. The van der Waals surface area contributed by atoms with Crippen LogP contribution in [-0.2, 0) is 4.74 Å². The second-order valence-corrected chi connectivity index (χ2v) is 2.42. The molecule has 1 aromatic heterocycles. The smallest absolute Gasteiger partial charge is 0.185 e. The van der Waals surface area contributed by atoms with E-state index in [0.717, 1.165) is 0 Å². The first-order chi connectivity index (χ1) is 5.27. The van der Waals surface area contributed by atoms with E-state index in [-0.39, 0.29) is 0 Å². The van der Waals surface area contributed by atoms with Crippen LogP contribution in [0, 0.1) is 0 Å². The number of furan rings is 1. The molecule has 0 amide bonds. The highest BCUT2D eigenvalue weighted by Crippen LogP contribution is 2.11. The lowest BCUT2D eigenvalue weighted by molar-refractivity contribution is -0.0940. The summed E-state index contributed by atoms with van der Waals surface area (Å²) in [6.45, 7) is 4.00. The van der Waals surface area contributed by atoms with Gasteiger partial charge in [-0.25, -0.2) is 0 Å². The largest absolute Gasteiger partial charge is 0.458 e. The lowest BCUT2D eigenvalue weighted by Crippen LogP contribution is -2.18. The normalized spacial score (nSPS) is 22.5. The standard InChI is InChI=1S/C8H8O3/c1-5-4-6-7(11-5)2-3-10-8(6)9/h2,4,8-9H,1,3H2. The Kier molecular flexibility index (Phi) is 1.34. The van der Waals surface area contributed by atoms with Gasteiger partial charge < -0.3 is 14.3 Å². The van der Waals surface area contributed by atoms with E-state index in [1.807, 2.05) is 0 Å². The maximum Gasteiger partial charge on any atom is 0.185 e. The van der Waals surface area contributed by atoms with Crippen LogP contribution in [0.5, 0.6) is 0 Å². The quantitative estimate of drug-likeness (QED) is 0.544. The van der Waals surface area contributed by atoms with Crippen LogP contribution >= 0.6 is 0 Å². The Hall–Kier alpha value is -1.06. The Morgan fingerprint density at radius 2 is 2.45 bits per heavy atom. The third kappa shape index (κ3) is 0.982. The van der Waals surface area contributed by atoms with Crippen LogP contribution in [-0.4, -0.2) is 11.7 Å². The number of ether oxygens (including phenoxy) is 1. The van der Waals surface area contributed by atoms with Gasteiger partial charge in [0, 0.05) is 0 Å². The highest BCUT2D eigenvalue weighted by Gasteiger charge is 2.15. The molecule has 0 aliphatic carbocycles. The zero-order valence-electron chi connectivity index (χ0n) is 5.91. The molecule has 0 spiro atoms. The second-order valence-electron chi connectivity index (χ2n) is 2.42. The summed E-state index contributed by atoms with van der Waals surface area (Å²) in [6, 6.07) is 1.68. The number of hydrogen-bond acceptors (Lipinski definition) is 3. The van der Waals surface area contributed by atoms with E-state index in [4.69, 9.17) is 9.15 Å². The van der Waals surface area contributed by atoms with Crippen molar-refractivity contribution in [2.75, 3.05) is 6.61 Å². The minimum absolute atomic E-state index is 0.390. The van der Waals surface area contributed by atoms with Gasteiger partial charge in [0.15, 0.2) is 6.29 Å². The van der Waals surface area contributed by atoms with E-state index in [1.54, 1.807) is 12.1 Å². The van der Waals surface area contributed by atoms with Gasteiger partial charge in [0.05, 0.1) is 12.2 Å². The Balaban J connectivity index is 2.70. The van der Waals surface area contributed by atoms with Crippen LogP contribution in [0.4, 0.5) is 0 Å². The van der Waals surface area contributed by atoms with Crippen molar-refractivity contribution >= 4 is 12.7 Å². The van der Waals surface area contributed by atoms with Crippen LogP contribution in [0.1, 0.15) is 11.9 Å². The third-order valence-corrected chi connectivity index (χ3v) is 1.63. The molecule has 0 saturated carbocycles. The minimum atomic E-state index is -0.853. The SMILES string of the molecule is C=c1cc2c(o1)=CCOC2O. The molecule has 1 atom stereocenters. The fraction of sp³-hybridized carbons (Fsp3) is 0.250. The van der Waals surface area contributed by atoms with Gasteiger partial charge in [0.1, 0.15) is 10.8 Å². The molecule has 1 unspecified atom stereocenters. The number of rotatable bonds is 0. The van der Waals surface area contributed by atoms with Crippen molar-refractivity contribution in [2.24, 2.45) is 0 Å². The van der Waals surface area contributed by atoms with Gasteiger partial charge >= 0.3 is 0 Å². The van der Waals surface area contributed by atoms with E-state index in [1.165, 1.54) is 0 Å². The van der Waals surface area contributed by atoms with E-state index >= 15 is 0 Å². The van der Waals surface area contributed by atoms with Gasteiger partial charge in [0.25, 0.3) is 0 Å². The molecule has 0 bridgehead atoms. The van der Waals surface area contributed by atoms with Gasteiger partial charge in [-0.2, -0.15) is 0 Å². The molecule has 58 valence electrons. The summed E-state index contributed by atoms with van der Waals surface area (Å²) in [5.41, 5.74) is 1.89. The van der Waals surface area contributed by atoms with E-state index in [9.17, 15) is 5.11 Å². The molecule has 0 radical (unpaired) electrons. The van der Waals surface area contributed by atoms with Gasteiger partial charge in [-0.1, -0.05) is 6.58 Å². The van der Waals surface area contributed by atoms with Crippen molar-refractivity contribution in [2.45, 2.75) is 6.29 Å². The fourth-order valence-corrected chi connectivity index (χ4v) is 1.13. The monoisotopic (exact) mass is 152 g/mol. The summed E-state index contributed by atoms with van der Waals surface area (Å²) >= 11 is 0. The average Bonchev–Trinajstić information content (AvgIpc) is 2.31. The molecular formula is C8H8O3. The molecule has 0 aromatic carbocycles. The third-order valence-electron chi connectivity index (χ3n) is 1.63. The lowest BCUT2D eigenvalue weighted by atomic mass is 10.2. The molecule has 11 heavy (non-hydrogen) atoms. The van der Waals surface area contributed by atoms with E-state index in [0.29, 0.717) is 23.0 Å². The molecule has 0 fully saturated rings. The van der Waals surface area contributed by atoms with Crippen molar-refractivity contribution in [3.8, 4) is 0 Å². The second kappa shape index (κ2) is 2.22. The van der Waals surface area contributed by atoms with Gasteiger partial charge in [-0.05, 0) is 12.1 Å². The Labute approximate surface area is 63.2 Å². The van der Waals surface area contributed by atoms with Crippen LogP contribution in [0.2, 0.25) is 0 Å². The summed E-state index contributed by atoms with van der Waals surface area (Å²) in [5, 5.41) is 9.24. The maximum absolute atomic E-state index is 9.24. The van der Waals surface area contributed by atoms with Crippen molar-refractivity contribution < 1.29 is 14.3 Å². The molecule has 1 N–H and O–H groups in total. The Morgan fingerprint density at radius 1 is 1.64 bits per heavy atom. The van der Waals surface area contributed by atoms with Gasteiger partial charge in [-0.15, -0.1) is 0 Å². The van der Waals surface area contributed by atoms with Crippen molar-refractivity contribution in [1.82, 2.24) is 0 Å². The first-order valence-electron chi connectivity index (χ1n) is 3.36. The van der Waals surface area contributed by atoms with Crippen LogP contribution in [0.25, 0.3) is 12.7 Å². The van der Waals surface area contributed by atoms with Gasteiger partial charge in [-0.3, -0.25) is 0 Å². The number of aliphatic hydroxyl groups excluding tert-OH is 1. The molecule has 3 heteroatoms. The highest BCUT2D eigenvalue weighted by molar-refractivity contribution is 5.28. The molecule has 1 aromatic rings. The first-order valence-corrected chi connectivity index (χ1v) is 3.36. The van der Waals surface area contributed by atoms with Crippen LogP contribution in [0.3, 0.4) is 0 Å². The zero-order valence-corrected chi connectivity index (χ0v) is 5.91. The summed E-state index contributed by atoms with van der Waals surface area (Å²) in [7, 11) is 0. The van der Waals surface area contributed by atoms with Gasteiger partial charge in [0.2, 0.25) is 0 Å². The predicted octanol–water partition coefficient (Wildman–Crippen LogP) is -0.508. The molecule has 1 aliphatic heterocycles. The predicted molar refractivity (Wildman–Crippen MR) is 38.9 cm³/mol. The maximum atomic E-state index is 9.24. The minimum Gasteiger partial charge on any atom is -0.458 e. The first kappa shape index (κ1) is 6.64. The lowest BCUT2D eigenvalue weighted by Gasteiger charge is -2.11.